The van der Waals surface area contributed by atoms with Crippen molar-refractivity contribution >= 4 is 44.1 Å². The van der Waals surface area contributed by atoms with Crippen LogP contribution in [-0.4, -0.2) is 54.4 Å². The molecule has 212 valence electrons. The van der Waals surface area contributed by atoms with Crippen molar-refractivity contribution in [3.63, 3.8) is 0 Å². The third-order valence-corrected chi connectivity index (χ3v) is 7.97. The summed E-state index contributed by atoms with van der Waals surface area (Å²) in [5.41, 5.74) is 2.47. The second-order valence-corrected chi connectivity index (χ2v) is 11.6. The van der Waals surface area contributed by atoms with Crippen LogP contribution in [0.2, 0.25) is 0 Å². The number of sulfonamides is 1. The summed E-state index contributed by atoms with van der Waals surface area (Å²) >= 11 is 0. The number of azo groups is 1. The lowest BCUT2D eigenvalue weighted by atomic mass is 9.97. The smallest absolute Gasteiger partial charge is 0.269 e. The number of carbonyl (C=O) groups excluding carboxylic acids is 2. The standard InChI is InChI=1S/C29H30N6O5S/c30-41(39,40)23-14-12-22(13-15-23)31-26(36)19-34-16-6-9-21(18-34)28(37)33-32-27-24-10-4-5-11-25(24)35(29(27)38)17-20-7-2-1-3-8-20/h1-5,7-8,10-15,21,38H,6,9,16-19H2,(H,31,36)(H2,30,39,40). The van der Waals surface area contributed by atoms with Gasteiger partial charge in [-0.3, -0.25) is 14.5 Å². The number of para-hydroxylation sites is 1. The third kappa shape index (κ3) is 6.68. The lowest BCUT2D eigenvalue weighted by Crippen LogP contribution is -2.42. The highest BCUT2D eigenvalue weighted by Crippen LogP contribution is 2.39. The Balaban J connectivity index is 1.23. The lowest BCUT2D eigenvalue weighted by molar-refractivity contribution is -0.125. The first-order chi connectivity index (χ1) is 19.7. The summed E-state index contributed by atoms with van der Waals surface area (Å²) in [5, 5.41) is 27.7. The van der Waals surface area contributed by atoms with Gasteiger partial charge in [0.05, 0.1) is 29.4 Å². The van der Waals surface area contributed by atoms with Gasteiger partial charge in [0.1, 0.15) is 0 Å². The van der Waals surface area contributed by atoms with E-state index in [9.17, 15) is 23.1 Å². The van der Waals surface area contributed by atoms with Crippen LogP contribution in [0.5, 0.6) is 5.88 Å². The number of aromatic nitrogens is 1. The Morgan fingerprint density at radius 3 is 2.44 bits per heavy atom. The topological polar surface area (TPSA) is 159 Å². The number of nitrogens with zero attached hydrogens (tertiary/aromatic N) is 4. The van der Waals surface area contributed by atoms with E-state index in [2.05, 4.69) is 15.5 Å². The molecule has 2 heterocycles. The lowest BCUT2D eigenvalue weighted by Gasteiger charge is -2.30. The van der Waals surface area contributed by atoms with Gasteiger partial charge in [-0.1, -0.05) is 48.5 Å². The van der Waals surface area contributed by atoms with E-state index in [1.165, 1.54) is 24.3 Å². The van der Waals surface area contributed by atoms with E-state index < -0.39 is 21.8 Å². The van der Waals surface area contributed by atoms with E-state index >= 15 is 0 Å². The minimum Gasteiger partial charge on any atom is -0.493 e. The van der Waals surface area contributed by atoms with Gasteiger partial charge in [-0.15, -0.1) is 10.2 Å². The molecule has 0 bridgehead atoms. The number of nitrogens with one attached hydrogen (secondary N) is 1. The first-order valence-corrected chi connectivity index (χ1v) is 14.7. The van der Waals surface area contributed by atoms with Crippen LogP contribution in [0.4, 0.5) is 11.4 Å². The van der Waals surface area contributed by atoms with Gasteiger partial charge in [0.15, 0.2) is 5.69 Å². The minimum absolute atomic E-state index is 0.0453. The first-order valence-electron chi connectivity index (χ1n) is 13.1. The van der Waals surface area contributed by atoms with Crippen molar-refractivity contribution in [2.45, 2.75) is 24.3 Å². The van der Waals surface area contributed by atoms with E-state index in [1.807, 2.05) is 59.5 Å². The number of piperidine rings is 1. The van der Waals surface area contributed by atoms with E-state index in [0.717, 1.165) is 11.1 Å². The van der Waals surface area contributed by atoms with Gasteiger partial charge in [-0.25, -0.2) is 13.6 Å². The molecule has 2 amide bonds. The van der Waals surface area contributed by atoms with Crippen molar-refractivity contribution in [1.29, 1.82) is 0 Å². The molecule has 5 rings (SSSR count). The molecule has 1 saturated heterocycles. The molecule has 1 atom stereocenters. The number of primary sulfonamides is 1. The summed E-state index contributed by atoms with van der Waals surface area (Å²) in [5.74, 6) is -1.20. The van der Waals surface area contributed by atoms with Gasteiger partial charge >= 0.3 is 0 Å². The SMILES string of the molecule is NS(=O)(=O)c1ccc(NC(=O)CN2CCCC(C(=O)N=Nc3c(O)n(Cc4ccccc4)c4ccccc34)C2)cc1. The molecule has 4 aromatic rings. The van der Waals surface area contributed by atoms with Gasteiger partial charge in [0, 0.05) is 17.6 Å². The highest BCUT2D eigenvalue weighted by Gasteiger charge is 2.27. The van der Waals surface area contributed by atoms with Crippen molar-refractivity contribution in [3.8, 4) is 5.88 Å². The maximum absolute atomic E-state index is 13.0. The average molecular weight is 575 g/mol. The number of anilines is 1. The maximum Gasteiger partial charge on any atom is 0.269 e. The monoisotopic (exact) mass is 574 g/mol. The zero-order valence-electron chi connectivity index (χ0n) is 22.2. The zero-order chi connectivity index (χ0) is 29.0. The summed E-state index contributed by atoms with van der Waals surface area (Å²) < 4.78 is 24.6. The van der Waals surface area contributed by atoms with Gasteiger partial charge in [0.25, 0.3) is 5.91 Å². The fourth-order valence-electron chi connectivity index (χ4n) is 5.01. The van der Waals surface area contributed by atoms with E-state index in [4.69, 9.17) is 5.14 Å². The second-order valence-electron chi connectivity index (χ2n) is 9.99. The number of hydrogen-bond donors (Lipinski definition) is 3. The van der Waals surface area contributed by atoms with Gasteiger partial charge < -0.3 is 15.0 Å². The van der Waals surface area contributed by atoms with Crippen LogP contribution >= 0.6 is 0 Å². The molecule has 1 aliphatic rings. The molecule has 0 aliphatic carbocycles. The van der Waals surface area contributed by atoms with Crippen LogP contribution in [0.25, 0.3) is 10.9 Å². The van der Waals surface area contributed by atoms with Crippen molar-refractivity contribution in [2.75, 3.05) is 25.0 Å². The molecule has 12 heteroatoms. The molecule has 4 N–H and O–H groups in total. The number of fused-ring (bicyclic) bond motifs is 1. The number of benzene rings is 3. The Labute approximate surface area is 237 Å². The molecule has 41 heavy (non-hydrogen) atoms. The molecule has 1 aliphatic heterocycles. The fraction of sp³-hybridized carbons (Fsp3) is 0.241. The quantitative estimate of drug-likeness (QED) is 0.270. The van der Waals surface area contributed by atoms with Crippen LogP contribution in [-0.2, 0) is 26.2 Å². The second kappa shape index (κ2) is 12.0. The number of likely N-dealkylation sites (tertiary alicyclic amines) is 1. The average Bonchev–Trinajstić information content (AvgIpc) is 3.22. The summed E-state index contributed by atoms with van der Waals surface area (Å²) in [6, 6.07) is 22.7. The minimum atomic E-state index is -3.82. The molecule has 3 aromatic carbocycles. The van der Waals surface area contributed by atoms with E-state index in [1.54, 1.807) is 4.57 Å². The predicted molar refractivity (Wildman–Crippen MR) is 154 cm³/mol. The van der Waals surface area contributed by atoms with Crippen molar-refractivity contribution < 1.29 is 23.1 Å². The van der Waals surface area contributed by atoms with Gasteiger partial charge in [-0.2, -0.15) is 0 Å². The Hall–Kier alpha value is -4.39. The summed E-state index contributed by atoms with van der Waals surface area (Å²) in [6.07, 6.45) is 1.33. The molecular weight excluding hydrogens is 544 g/mol. The zero-order valence-corrected chi connectivity index (χ0v) is 23.0. The van der Waals surface area contributed by atoms with Crippen LogP contribution in [0.3, 0.4) is 0 Å². The highest BCUT2D eigenvalue weighted by molar-refractivity contribution is 7.89. The van der Waals surface area contributed by atoms with Crippen molar-refractivity contribution in [3.05, 3.63) is 84.4 Å². The van der Waals surface area contributed by atoms with Crippen LogP contribution in [0.1, 0.15) is 18.4 Å². The number of carbonyl (C=O) groups is 2. The predicted octanol–water partition coefficient (Wildman–Crippen LogP) is 4.00. The largest absolute Gasteiger partial charge is 0.493 e. The summed E-state index contributed by atoms with van der Waals surface area (Å²) in [7, 11) is -3.82. The molecule has 1 unspecified atom stereocenters. The molecule has 1 aromatic heterocycles. The van der Waals surface area contributed by atoms with Gasteiger partial charge in [-0.05, 0) is 55.3 Å². The number of aromatic hydroxyl groups is 1. The van der Waals surface area contributed by atoms with Crippen LogP contribution < -0.4 is 10.5 Å². The molecule has 0 saturated carbocycles. The van der Waals surface area contributed by atoms with Crippen LogP contribution in [0.15, 0.2) is 94.0 Å². The normalized spacial score (nSPS) is 16.3. The Bertz CT molecular complexity index is 1700. The fourth-order valence-corrected chi connectivity index (χ4v) is 5.52. The summed E-state index contributed by atoms with van der Waals surface area (Å²) in [4.78, 5) is 27.4. The Morgan fingerprint density at radius 2 is 1.71 bits per heavy atom. The molecule has 1 fully saturated rings. The molecule has 0 radical (unpaired) electrons. The maximum atomic E-state index is 13.0. The van der Waals surface area contributed by atoms with E-state index in [-0.39, 0.29) is 28.9 Å². The molecule has 11 nitrogen and oxygen atoms in total. The van der Waals surface area contributed by atoms with Gasteiger partial charge in [0.2, 0.25) is 21.8 Å². The van der Waals surface area contributed by atoms with Crippen molar-refractivity contribution in [2.24, 2.45) is 21.3 Å². The Morgan fingerprint density at radius 1 is 1.00 bits per heavy atom. The Kier molecular flexibility index (Phi) is 8.24. The number of nitrogens with two attached hydrogens (primary N) is 1. The first kappa shape index (κ1) is 28.1. The van der Waals surface area contributed by atoms with Crippen LogP contribution in [0, 0.1) is 5.92 Å². The third-order valence-electron chi connectivity index (χ3n) is 7.04. The molecule has 0 spiro atoms. The van der Waals surface area contributed by atoms with Crippen molar-refractivity contribution in [1.82, 2.24) is 9.47 Å². The number of rotatable bonds is 8. The molecular formula is C29H30N6O5S. The van der Waals surface area contributed by atoms with E-state index in [0.29, 0.717) is 43.5 Å². The number of amides is 2. The highest BCUT2D eigenvalue weighted by atomic mass is 32.2. The number of hydrogen-bond acceptors (Lipinski definition) is 7. The summed E-state index contributed by atoms with van der Waals surface area (Å²) in [6.45, 7) is 1.49.